The van der Waals surface area contributed by atoms with Gasteiger partial charge in [-0.05, 0) is 106 Å². The van der Waals surface area contributed by atoms with Crippen molar-refractivity contribution in [3.63, 3.8) is 0 Å². The molecular weight excluding hydrogens is 639 g/mol. The Hall–Kier alpha value is -3.83. The van der Waals surface area contributed by atoms with Crippen LogP contribution in [0, 0.1) is 3.57 Å². The number of benzene rings is 4. The summed E-state index contributed by atoms with van der Waals surface area (Å²) in [5, 5.41) is 12.0. The molecular formula is C31H25IN2O5S. The first-order valence-electron chi connectivity index (χ1n) is 12.5. The van der Waals surface area contributed by atoms with E-state index in [9.17, 15) is 9.59 Å². The molecule has 1 saturated heterocycles. The number of amidine groups is 1. The number of carboxylic acid groups (broad SMARTS) is 1. The van der Waals surface area contributed by atoms with Crippen molar-refractivity contribution < 1.29 is 24.2 Å². The molecule has 7 nitrogen and oxygen atoms in total. The topological polar surface area (TPSA) is 88.4 Å². The van der Waals surface area contributed by atoms with Crippen LogP contribution in [0.5, 0.6) is 11.5 Å². The van der Waals surface area contributed by atoms with Crippen LogP contribution in [-0.2, 0) is 11.4 Å². The molecule has 0 aromatic heterocycles. The molecule has 1 N–H and O–H groups in total. The van der Waals surface area contributed by atoms with Gasteiger partial charge < -0.3 is 14.6 Å². The van der Waals surface area contributed by atoms with Crippen molar-refractivity contribution in [2.24, 2.45) is 4.99 Å². The first-order valence-corrected chi connectivity index (χ1v) is 14.4. The number of carbonyl (C=O) groups is 2. The number of amides is 1. The number of thioether (sulfide) groups is 1. The maximum atomic E-state index is 13.2. The normalized spacial score (nSPS) is 15.3. The molecule has 0 bridgehead atoms. The predicted octanol–water partition coefficient (Wildman–Crippen LogP) is 7.35. The molecule has 4 aromatic carbocycles. The number of ether oxygens (including phenoxy) is 2. The van der Waals surface area contributed by atoms with Gasteiger partial charge in [0.1, 0.15) is 6.61 Å². The zero-order chi connectivity index (χ0) is 28.2. The third-order valence-electron chi connectivity index (χ3n) is 6.34. The lowest BCUT2D eigenvalue weighted by Crippen LogP contribution is -2.28. The number of hydrogen-bond donors (Lipinski definition) is 1. The van der Waals surface area contributed by atoms with E-state index in [2.05, 4.69) is 51.8 Å². The number of likely N-dealkylation sites (N-methyl/N-ethyl adjacent to an activating group) is 1. The van der Waals surface area contributed by atoms with E-state index in [4.69, 9.17) is 14.6 Å². The van der Waals surface area contributed by atoms with Crippen molar-refractivity contribution in [1.29, 1.82) is 0 Å². The van der Waals surface area contributed by atoms with Gasteiger partial charge in [0.2, 0.25) is 0 Å². The number of fused-ring (bicyclic) bond motifs is 1. The Morgan fingerprint density at radius 3 is 2.55 bits per heavy atom. The average molecular weight is 665 g/mol. The van der Waals surface area contributed by atoms with Crippen molar-refractivity contribution in [3.05, 3.63) is 104 Å². The lowest BCUT2D eigenvalue weighted by atomic mass is 10.1. The van der Waals surface area contributed by atoms with E-state index in [0.717, 1.165) is 25.5 Å². The van der Waals surface area contributed by atoms with Gasteiger partial charge in [0.05, 0.1) is 26.8 Å². The van der Waals surface area contributed by atoms with Gasteiger partial charge in [-0.1, -0.05) is 42.5 Å². The second-order valence-corrected chi connectivity index (χ2v) is 11.0. The van der Waals surface area contributed by atoms with Crippen LogP contribution in [0.25, 0.3) is 16.8 Å². The van der Waals surface area contributed by atoms with Gasteiger partial charge in [-0.3, -0.25) is 9.69 Å². The number of carbonyl (C=O) groups excluding carboxylic acids is 1. The molecule has 4 aromatic rings. The first kappa shape index (κ1) is 27.7. The van der Waals surface area contributed by atoms with Gasteiger partial charge in [-0.2, -0.15) is 0 Å². The number of aromatic carboxylic acids is 1. The quantitative estimate of drug-likeness (QED) is 0.157. The van der Waals surface area contributed by atoms with Crippen LogP contribution in [0.15, 0.2) is 88.8 Å². The standard InChI is InChI=1S/C31H25IN2O5S/c1-3-34-29(35)27(40-31(34)33-23-13-11-21(12-14-23)30(36)37)17-19-15-25(32)28(26(16-19)38-2)39-18-22-9-6-8-20-7-4-5-10-24(20)22/h4-17H,3,18H2,1-2H3,(H,36,37). The smallest absolute Gasteiger partial charge is 0.335 e. The van der Waals surface area contributed by atoms with Crippen LogP contribution < -0.4 is 9.47 Å². The average Bonchev–Trinajstić information content (AvgIpc) is 3.25. The third-order valence-corrected chi connectivity index (χ3v) is 8.15. The highest BCUT2D eigenvalue weighted by Crippen LogP contribution is 2.38. The Morgan fingerprint density at radius 1 is 1.07 bits per heavy atom. The lowest BCUT2D eigenvalue weighted by Gasteiger charge is -2.15. The van der Waals surface area contributed by atoms with Crippen molar-refractivity contribution in [3.8, 4) is 11.5 Å². The lowest BCUT2D eigenvalue weighted by molar-refractivity contribution is -0.122. The molecule has 40 heavy (non-hydrogen) atoms. The second-order valence-electron chi connectivity index (χ2n) is 8.87. The molecule has 202 valence electrons. The molecule has 0 aliphatic carbocycles. The number of aliphatic imine (C=N–C) groups is 1. The molecule has 5 rings (SSSR count). The molecule has 0 radical (unpaired) electrons. The largest absolute Gasteiger partial charge is 0.493 e. The van der Waals surface area contributed by atoms with Gasteiger partial charge >= 0.3 is 5.97 Å². The maximum Gasteiger partial charge on any atom is 0.335 e. The third kappa shape index (κ3) is 5.85. The Morgan fingerprint density at radius 2 is 1.82 bits per heavy atom. The maximum absolute atomic E-state index is 13.2. The second kappa shape index (κ2) is 12.1. The molecule has 0 atom stereocenters. The molecule has 1 aliphatic rings. The van der Waals surface area contributed by atoms with Gasteiger partial charge in [0.25, 0.3) is 5.91 Å². The minimum absolute atomic E-state index is 0.140. The summed E-state index contributed by atoms with van der Waals surface area (Å²) in [5.41, 5.74) is 2.64. The predicted molar refractivity (Wildman–Crippen MR) is 167 cm³/mol. The highest BCUT2D eigenvalue weighted by molar-refractivity contribution is 14.1. The van der Waals surface area contributed by atoms with Crippen molar-refractivity contribution in [2.75, 3.05) is 13.7 Å². The van der Waals surface area contributed by atoms with Crippen LogP contribution in [0.4, 0.5) is 5.69 Å². The van der Waals surface area contributed by atoms with Gasteiger partial charge in [-0.15, -0.1) is 0 Å². The van der Waals surface area contributed by atoms with Gasteiger partial charge in [0.15, 0.2) is 16.7 Å². The highest BCUT2D eigenvalue weighted by atomic mass is 127. The van der Waals surface area contributed by atoms with Crippen LogP contribution in [-0.4, -0.2) is 40.7 Å². The highest BCUT2D eigenvalue weighted by Gasteiger charge is 2.32. The number of rotatable bonds is 8. The monoisotopic (exact) mass is 664 g/mol. The fraction of sp³-hybridized carbons (Fsp3) is 0.129. The summed E-state index contributed by atoms with van der Waals surface area (Å²) in [6.07, 6.45) is 1.82. The van der Waals surface area contributed by atoms with Gasteiger partial charge in [-0.25, -0.2) is 9.79 Å². The van der Waals surface area contributed by atoms with Crippen molar-refractivity contribution in [2.45, 2.75) is 13.5 Å². The van der Waals surface area contributed by atoms with Crippen LogP contribution in [0.3, 0.4) is 0 Å². The molecule has 1 amide bonds. The minimum Gasteiger partial charge on any atom is -0.493 e. The fourth-order valence-electron chi connectivity index (χ4n) is 4.34. The summed E-state index contributed by atoms with van der Waals surface area (Å²) in [6, 6.07) is 24.4. The Balaban J connectivity index is 1.39. The summed E-state index contributed by atoms with van der Waals surface area (Å²) < 4.78 is 12.8. The van der Waals surface area contributed by atoms with Crippen LogP contribution in [0.2, 0.25) is 0 Å². The van der Waals surface area contributed by atoms with E-state index < -0.39 is 5.97 Å². The van der Waals surface area contributed by atoms with Crippen molar-refractivity contribution >= 4 is 73.9 Å². The van der Waals surface area contributed by atoms with E-state index in [0.29, 0.717) is 40.4 Å². The number of carboxylic acids is 1. The molecule has 0 saturated carbocycles. The summed E-state index contributed by atoms with van der Waals surface area (Å²) in [7, 11) is 1.60. The fourth-order valence-corrected chi connectivity index (χ4v) is 6.19. The summed E-state index contributed by atoms with van der Waals surface area (Å²) in [6.45, 7) is 2.73. The molecule has 1 fully saturated rings. The molecule has 0 unspecified atom stereocenters. The number of hydrogen-bond acceptors (Lipinski definition) is 6. The number of methoxy groups -OCH3 is 1. The summed E-state index contributed by atoms with van der Waals surface area (Å²) in [4.78, 5) is 31.0. The van der Waals surface area contributed by atoms with Crippen LogP contribution >= 0.6 is 34.4 Å². The minimum atomic E-state index is -1.000. The van der Waals surface area contributed by atoms with E-state index in [1.807, 2.05) is 43.3 Å². The Bertz CT molecular complexity index is 1660. The van der Waals surface area contributed by atoms with Gasteiger partial charge in [0, 0.05) is 6.54 Å². The summed E-state index contributed by atoms with van der Waals surface area (Å²) in [5.74, 6) is 0.0822. The number of halogens is 1. The zero-order valence-corrected chi connectivity index (χ0v) is 24.7. The molecule has 1 heterocycles. The van der Waals surface area contributed by atoms with E-state index >= 15 is 0 Å². The molecule has 0 spiro atoms. The Kier molecular flexibility index (Phi) is 8.41. The Labute approximate surface area is 249 Å². The van der Waals surface area contributed by atoms with Crippen molar-refractivity contribution in [1.82, 2.24) is 4.90 Å². The number of nitrogens with zero attached hydrogens (tertiary/aromatic N) is 2. The molecule has 9 heteroatoms. The van der Waals surface area contributed by atoms with Crippen LogP contribution in [0.1, 0.15) is 28.4 Å². The summed E-state index contributed by atoms with van der Waals surface area (Å²) >= 11 is 3.50. The zero-order valence-electron chi connectivity index (χ0n) is 21.8. The first-order chi connectivity index (χ1) is 19.4. The van der Waals surface area contributed by atoms with E-state index in [1.54, 1.807) is 24.1 Å². The SMILES string of the molecule is CCN1C(=O)C(=Cc2cc(I)c(OCc3cccc4ccccc34)c(OC)c2)SC1=Nc1ccc(C(=O)O)cc1. The van der Waals surface area contributed by atoms with E-state index in [1.165, 1.54) is 23.9 Å². The molecule has 1 aliphatic heterocycles. The van der Waals surface area contributed by atoms with E-state index in [-0.39, 0.29) is 11.5 Å².